The Hall–Kier alpha value is -2.06. The molecule has 0 aromatic heterocycles. The van der Waals surface area contributed by atoms with Crippen molar-refractivity contribution in [2.45, 2.75) is 25.3 Å². The highest BCUT2D eigenvalue weighted by molar-refractivity contribution is 6.00. The highest BCUT2D eigenvalue weighted by atomic mass is 19.4. The molecular weight excluding hydrogens is 304 g/mol. The van der Waals surface area contributed by atoms with Gasteiger partial charge in [-0.3, -0.25) is 14.5 Å². The van der Waals surface area contributed by atoms with E-state index >= 15 is 0 Å². The molecule has 0 radical (unpaired) electrons. The molecule has 1 aromatic rings. The second kappa shape index (κ2) is 5.74. The molecule has 2 amide bonds. The summed E-state index contributed by atoms with van der Waals surface area (Å²) in [6.07, 6.45) is -11.2. The van der Waals surface area contributed by atoms with E-state index in [1.54, 1.807) is 0 Å². The predicted molar refractivity (Wildman–Crippen MR) is 58.8 cm³/mol. The minimum Gasteiger partial charge on any atom is -0.264 e. The van der Waals surface area contributed by atoms with E-state index in [1.807, 2.05) is 0 Å². The molecule has 9 heteroatoms. The number of amides is 2. The van der Waals surface area contributed by atoms with E-state index in [1.165, 1.54) is 30.3 Å². The first-order valence-electron chi connectivity index (χ1n) is 5.52. The first kappa shape index (κ1) is 17.0. The zero-order valence-electron chi connectivity index (χ0n) is 10.5. The molecule has 116 valence electrons. The van der Waals surface area contributed by atoms with Crippen molar-refractivity contribution < 1.29 is 35.9 Å². The first-order valence-corrected chi connectivity index (χ1v) is 5.52. The molecule has 21 heavy (non-hydrogen) atoms. The molecule has 0 aliphatic heterocycles. The Morgan fingerprint density at radius 2 is 1.29 bits per heavy atom. The van der Waals surface area contributed by atoms with Crippen molar-refractivity contribution >= 4 is 11.8 Å². The van der Waals surface area contributed by atoms with Crippen LogP contribution in [-0.2, 0) is 9.59 Å². The molecule has 0 aliphatic carbocycles. The molecule has 0 fully saturated rings. The molecule has 0 saturated carbocycles. The lowest BCUT2D eigenvalue weighted by Crippen LogP contribution is -2.51. The van der Waals surface area contributed by atoms with Gasteiger partial charge in [0.1, 0.15) is 0 Å². The van der Waals surface area contributed by atoms with E-state index in [9.17, 15) is 35.9 Å². The maximum atomic E-state index is 12.4. The highest BCUT2D eigenvalue weighted by Crippen LogP contribution is 2.31. The largest absolute Gasteiger partial charge is 0.471 e. The van der Waals surface area contributed by atoms with Gasteiger partial charge >= 0.3 is 24.2 Å². The number of hydrogen-bond donors (Lipinski definition) is 0. The number of halogens is 6. The summed E-state index contributed by atoms with van der Waals surface area (Å²) in [5, 5.41) is 0. The average molecular weight is 313 g/mol. The van der Waals surface area contributed by atoms with Crippen molar-refractivity contribution in [3.63, 3.8) is 0 Å². The molecule has 0 spiro atoms. The topological polar surface area (TPSA) is 37.4 Å². The van der Waals surface area contributed by atoms with Crippen LogP contribution in [0.4, 0.5) is 26.3 Å². The van der Waals surface area contributed by atoms with Crippen molar-refractivity contribution in [3.05, 3.63) is 35.9 Å². The number of benzene rings is 1. The summed E-state index contributed by atoms with van der Waals surface area (Å²) in [5.74, 6) is -5.72. The van der Waals surface area contributed by atoms with Crippen molar-refractivity contribution in [3.8, 4) is 0 Å². The standard InChI is InChI=1S/C12H9F6NO2/c1-7(8-5-3-2-4-6-8)19(9(20)11(13,14)15)10(21)12(16,17)18/h2-7H,1H3/t7-/m0/s1. The van der Waals surface area contributed by atoms with Crippen LogP contribution in [0.15, 0.2) is 30.3 Å². The zero-order valence-corrected chi connectivity index (χ0v) is 10.5. The molecule has 3 nitrogen and oxygen atoms in total. The van der Waals surface area contributed by atoms with E-state index in [-0.39, 0.29) is 5.56 Å². The molecular formula is C12H9F6NO2. The van der Waals surface area contributed by atoms with Gasteiger partial charge in [-0.25, -0.2) is 0 Å². The van der Waals surface area contributed by atoms with E-state index in [2.05, 4.69) is 0 Å². The number of carbonyl (C=O) groups excluding carboxylic acids is 2. The molecule has 1 atom stereocenters. The van der Waals surface area contributed by atoms with Crippen LogP contribution in [0.2, 0.25) is 0 Å². The molecule has 0 unspecified atom stereocenters. The van der Waals surface area contributed by atoms with Crippen LogP contribution < -0.4 is 0 Å². The third kappa shape index (κ3) is 3.96. The lowest BCUT2D eigenvalue weighted by molar-refractivity contribution is -0.206. The molecule has 0 bridgehead atoms. The van der Waals surface area contributed by atoms with Gasteiger partial charge in [0.15, 0.2) is 0 Å². The van der Waals surface area contributed by atoms with Crippen LogP contribution >= 0.6 is 0 Å². The molecule has 0 N–H and O–H groups in total. The quantitative estimate of drug-likeness (QED) is 0.786. The third-order valence-electron chi connectivity index (χ3n) is 2.59. The fourth-order valence-electron chi connectivity index (χ4n) is 1.60. The van der Waals surface area contributed by atoms with Crippen LogP contribution in [0.25, 0.3) is 0 Å². The highest BCUT2D eigenvalue weighted by Gasteiger charge is 2.53. The van der Waals surface area contributed by atoms with Crippen molar-refractivity contribution in [1.82, 2.24) is 4.90 Å². The van der Waals surface area contributed by atoms with Crippen LogP contribution in [-0.4, -0.2) is 29.1 Å². The summed E-state index contributed by atoms with van der Waals surface area (Å²) in [6, 6.07) is 4.92. The van der Waals surface area contributed by atoms with E-state index in [4.69, 9.17) is 0 Å². The summed E-state index contributed by atoms with van der Waals surface area (Å²) in [5.41, 5.74) is -0.0345. The zero-order chi connectivity index (χ0) is 16.4. The summed E-state index contributed by atoms with van der Waals surface area (Å²) in [7, 11) is 0. The van der Waals surface area contributed by atoms with Gasteiger partial charge < -0.3 is 0 Å². The van der Waals surface area contributed by atoms with Crippen molar-refractivity contribution in [1.29, 1.82) is 0 Å². The van der Waals surface area contributed by atoms with Gasteiger partial charge in [0, 0.05) is 0 Å². The van der Waals surface area contributed by atoms with Gasteiger partial charge in [0.25, 0.3) is 0 Å². The molecule has 0 aliphatic rings. The van der Waals surface area contributed by atoms with Crippen LogP contribution in [0, 0.1) is 0 Å². The monoisotopic (exact) mass is 313 g/mol. The maximum absolute atomic E-state index is 12.4. The fourth-order valence-corrected chi connectivity index (χ4v) is 1.60. The number of hydrogen-bond acceptors (Lipinski definition) is 2. The number of imide groups is 1. The summed E-state index contributed by atoms with van der Waals surface area (Å²) < 4.78 is 74.5. The van der Waals surface area contributed by atoms with E-state index in [0.29, 0.717) is 0 Å². The van der Waals surface area contributed by atoms with Crippen LogP contribution in [0.1, 0.15) is 18.5 Å². The number of alkyl halides is 6. The second-order valence-corrected chi connectivity index (χ2v) is 4.06. The molecule has 1 rings (SSSR count). The van der Waals surface area contributed by atoms with Crippen molar-refractivity contribution in [2.24, 2.45) is 0 Å². The van der Waals surface area contributed by atoms with E-state index in [0.717, 1.165) is 6.92 Å². The Kier molecular flexibility index (Phi) is 4.65. The van der Waals surface area contributed by atoms with Crippen molar-refractivity contribution in [2.75, 3.05) is 0 Å². The summed E-state index contributed by atoms with van der Waals surface area (Å²) in [4.78, 5) is 21.5. The lowest BCUT2D eigenvalue weighted by Gasteiger charge is -2.28. The van der Waals surface area contributed by atoms with Gasteiger partial charge in [0.05, 0.1) is 6.04 Å². The first-order chi connectivity index (χ1) is 9.46. The SMILES string of the molecule is C[C@@H](c1ccccc1)N(C(=O)C(F)(F)F)C(=O)C(F)(F)F. The second-order valence-electron chi connectivity index (χ2n) is 4.06. The average Bonchev–Trinajstić information content (AvgIpc) is 2.37. The van der Waals surface area contributed by atoms with Gasteiger partial charge in [-0.15, -0.1) is 0 Å². The van der Waals surface area contributed by atoms with Crippen LogP contribution in [0.3, 0.4) is 0 Å². The lowest BCUT2D eigenvalue weighted by atomic mass is 10.1. The Morgan fingerprint density at radius 3 is 1.62 bits per heavy atom. The van der Waals surface area contributed by atoms with Gasteiger partial charge in [-0.1, -0.05) is 30.3 Å². The predicted octanol–water partition coefficient (Wildman–Crippen LogP) is 3.23. The molecule has 0 heterocycles. The third-order valence-corrected chi connectivity index (χ3v) is 2.59. The Labute approximate surface area is 115 Å². The number of carbonyl (C=O) groups is 2. The molecule has 1 aromatic carbocycles. The summed E-state index contributed by atoms with van der Waals surface area (Å²) in [6.45, 7) is 0.905. The Balaban J connectivity index is 3.26. The minimum absolute atomic E-state index is 0.0345. The summed E-state index contributed by atoms with van der Waals surface area (Å²) >= 11 is 0. The number of nitrogens with zero attached hydrogens (tertiary/aromatic N) is 1. The van der Waals surface area contributed by atoms with Gasteiger partial charge in [0.2, 0.25) is 0 Å². The number of rotatable bonds is 2. The molecule has 0 saturated heterocycles. The smallest absolute Gasteiger partial charge is 0.264 e. The van der Waals surface area contributed by atoms with Gasteiger partial charge in [-0.2, -0.15) is 26.3 Å². The minimum atomic E-state index is -5.59. The normalized spacial score (nSPS) is 13.7. The van der Waals surface area contributed by atoms with Gasteiger partial charge in [-0.05, 0) is 12.5 Å². The Bertz CT molecular complexity index is 497. The maximum Gasteiger partial charge on any atom is 0.471 e. The van der Waals surface area contributed by atoms with E-state index < -0.39 is 35.1 Å². The van der Waals surface area contributed by atoms with Crippen LogP contribution in [0.5, 0.6) is 0 Å². The fraction of sp³-hybridized carbons (Fsp3) is 0.333. The Morgan fingerprint density at radius 1 is 0.905 bits per heavy atom.